The maximum absolute atomic E-state index is 13.5. The number of rotatable bonds is 26. The van der Waals surface area contributed by atoms with Crippen molar-refractivity contribution in [3.63, 3.8) is 0 Å². The first-order valence-electron chi connectivity index (χ1n) is 13.9. The Bertz CT molecular complexity index is 1040. The molecule has 0 heterocycles. The minimum atomic E-state index is -2.35. The first kappa shape index (κ1) is 37.3. The third kappa shape index (κ3) is 15.7. The lowest BCUT2D eigenvalue weighted by atomic mass is 10.2. The second-order valence-corrected chi connectivity index (χ2v) is 8.57. The van der Waals surface area contributed by atoms with Crippen LogP contribution in [0, 0.1) is 29.1 Å². The van der Waals surface area contributed by atoms with Crippen LogP contribution in [0.15, 0.2) is 30.3 Å². The van der Waals surface area contributed by atoms with Crippen LogP contribution in [0.4, 0.5) is 22.0 Å². The summed E-state index contributed by atoms with van der Waals surface area (Å²) in [5, 5.41) is 0. The molecule has 0 saturated heterocycles. The predicted molar refractivity (Wildman–Crippen MR) is 144 cm³/mol. The molecule has 15 heteroatoms. The van der Waals surface area contributed by atoms with Gasteiger partial charge in [-0.3, -0.25) is 4.79 Å². The molecule has 248 valence electrons. The number of carbonyl (C=O) groups excluding carboxylic acids is 1. The summed E-state index contributed by atoms with van der Waals surface area (Å²) in [6.07, 6.45) is -0.483. The zero-order chi connectivity index (χ0) is 31.8. The molecule has 0 aliphatic heterocycles. The highest BCUT2D eigenvalue weighted by Gasteiger charge is 2.28. The molecule has 0 radical (unpaired) electrons. The van der Waals surface area contributed by atoms with Gasteiger partial charge in [-0.1, -0.05) is 18.2 Å². The van der Waals surface area contributed by atoms with Crippen LogP contribution in [0.3, 0.4) is 0 Å². The van der Waals surface area contributed by atoms with Gasteiger partial charge in [-0.25, -0.2) is 13.2 Å². The highest BCUT2D eigenvalue weighted by Crippen LogP contribution is 2.29. The number of halogens is 5. The summed E-state index contributed by atoms with van der Waals surface area (Å²) in [4.78, 5) is 11.6. The zero-order valence-electron chi connectivity index (χ0n) is 24.2. The number of ether oxygens (including phenoxy) is 9. The lowest BCUT2D eigenvalue weighted by Crippen LogP contribution is -2.16. The fraction of sp³-hybridized carbons (Fsp3) is 0.552. The third-order valence-corrected chi connectivity index (χ3v) is 5.31. The van der Waals surface area contributed by atoms with Crippen LogP contribution in [0.2, 0.25) is 0 Å². The second-order valence-electron chi connectivity index (χ2n) is 8.57. The molecule has 44 heavy (non-hydrogen) atoms. The van der Waals surface area contributed by atoms with E-state index in [0.717, 1.165) is 5.75 Å². The van der Waals surface area contributed by atoms with Crippen LogP contribution in [-0.2, 0) is 38.0 Å². The molecule has 2 rings (SSSR count). The fourth-order valence-electron chi connectivity index (χ4n) is 3.15. The minimum absolute atomic E-state index is 0.0857. The van der Waals surface area contributed by atoms with Crippen molar-refractivity contribution in [3.05, 3.63) is 59.4 Å². The quantitative estimate of drug-likeness (QED) is 0.0376. The van der Waals surface area contributed by atoms with Gasteiger partial charge in [0.05, 0.1) is 98.9 Å². The Hall–Kier alpha value is -2.92. The predicted octanol–water partition coefficient (Wildman–Crippen LogP) is 3.87. The van der Waals surface area contributed by atoms with E-state index in [4.69, 9.17) is 37.9 Å². The van der Waals surface area contributed by atoms with Crippen molar-refractivity contribution in [1.29, 1.82) is 0 Å². The zero-order valence-corrected chi connectivity index (χ0v) is 24.2. The normalized spacial score (nSPS) is 11.2. The van der Waals surface area contributed by atoms with E-state index in [0.29, 0.717) is 72.7 Å². The Labute approximate surface area is 252 Å². The summed E-state index contributed by atoms with van der Waals surface area (Å²) in [6, 6.07) is 9.52. The maximum atomic E-state index is 13.5. The molecule has 0 aromatic heterocycles. The van der Waals surface area contributed by atoms with Crippen molar-refractivity contribution in [2.75, 3.05) is 99.1 Å². The molecule has 0 fully saturated rings. The summed E-state index contributed by atoms with van der Waals surface area (Å²) in [5.41, 5.74) is 0. The molecule has 0 amide bonds. The van der Waals surface area contributed by atoms with Gasteiger partial charge >= 0.3 is 5.97 Å². The lowest BCUT2D eigenvalue weighted by Gasteiger charge is -2.09. The summed E-state index contributed by atoms with van der Waals surface area (Å²) in [5.74, 6) is -13.3. The van der Waals surface area contributed by atoms with Crippen molar-refractivity contribution in [2.24, 2.45) is 0 Å². The average molecular weight is 641 g/mol. The van der Waals surface area contributed by atoms with Crippen molar-refractivity contribution in [2.45, 2.75) is 6.42 Å². The Morgan fingerprint density at radius 1 is 0.455 bits per heavy atom. The van der Waals surface area contributed by atoms with E-state index in [1.54, 1.807) is 0 Å². The van der Waals surface area contributed by atoms with Crippen molar-refractivity contribution in [3.8, 4) is 11.5 Å². The molecule has 2 aromatic rings. The molecule has 0 unspecified atom stereocenters. The largest absolute Gasteiger partial charge is 0.491 e. The molecule has 2 aromatic carbocycles. The number of hydrogen-bond donors (Lipinski definition) is 0. The summed E-state index contributed by atoms with van der Waals surface area (Å²) in [7, 11) is 0. The van der Waals surface area contributed by atoms with Crippen LogP contribution in [-0.4, -0.2) is 105 Å². The van der Waals surface area contributed by atoms with E-state index in [1.165, 1.54) is 0 Å². The van der Waals surface area contributed by atoms with Gasteiger partial charge in [0.1, 0.15) is 12.4 Å². The molecule has 0 aliphatic carbocycles. The van der Waals surface area contributed by atoms with Gasteiger partial charge < -0.3 is 42.6 Å². The van der Waals surface area contributed by atoms with Gasteiger partial charge in [-0.15, -0.1) is 0 Å². The highest BCUT2D eigenvalue weighted by atomic mass is 19.2. The minimum Gasteiger partial charge on any atom is -0.491 e. The molecule has 0 aliphatic rings. The van der Waals surface area contributed by atoms with Crippen molar-refractivity contribution < 1.29 is 69.4 Å². The molecule has 0 N–H and O–H groups in total. The fourth-order valence-corrected chi connectivity index (χ4v) is 3.15. The Balaban J connectivity index is 1.27. The van der Waals surface area contributed by atoms with Gasteiger partial charge in [0.2, 0.25) is 34.8 Å². The van der Waals surface area contributed by atoms with Gasteiger partial charge in [0.25, 0.3) is 0 Å². The van der Waals surface area contributed by atoms with Gasteiger partial charge in [0.15, 0.2) is 0 Å². The average Bonchev–Trinajstić information content (AvgIpc) is 3.03. The van der Waals surface area contributed by atoms with Crippen LogP contribution >= 0.6 is 0 Å². The van der Waals surface area contributed by atoms with E-state index in [-0.39, 0.29) is 26.4 Å². The van der Waals surface area contributed by atoms with Crippen molar-refractivity contribution in [1.82, 2.24) is 0 Å². The SMILES string of the molecule is O=C(CCOCCOCCOCCOCCOCCOCCOCCOc1ccccc1)Oc1c(F)c(F)c(F)c(F)c1F. The molecular formula is C29H37F5O10. The van der Waals surface area contributed by atoms with Gasteiger partial charge in [-0.2, -0.15) is 8.78 Å². The number of esters is 1. The third-order valence-electron chi connectivity index (χ3n) is 5.31. The van der Waals surface area contributed by atoms with E-state index in [1.807, 2.05) is 30.3 Å². The highest BCUT2D eigenvalue weighted by molar-refractivity contribution is 5.72. The molecular weight excluding hydrogens is 603 g/mol. The molecule has 0 saturated carbocycles. The van der Waals surface area contributed by atoms with Crippen LogP contribution in [0.5, 0.6) is 11.5 Å². The second kappa shape index (κ2) is 23.5. The molecule has 0 spiro atoms. The Morgan fingerprint density at radius 2 is 0.795 bits per heavy atom. The molecule has 0 bridgehead atoms. The van der Waals surface area contributed by atoms with E-state index in [9.17, 15) is 26.7 Å². The van der Waals surface area contributed by atoms with Gasteiger partial charge in [-0.05, 0) is 12.1 Å². The summed E-state index contributed by atoms with van der Waals surface area (Å²) in [6.45, 7) is 5.02. The topological polar surface area (TPSA) is 100 Å². The first-order chi connectivity index (χ1) is 21.4. The smallest absolute Gasteiger partial charge is 0.313 e. The van der Waals surface area contributed by atoms with Gasteiger partial charge in [0, 0.05) is 0 Å². The maximum Gasteiger partial charge on any atom is 0.313 e. The Morgan fingerprint density at radius 3 is 1.20 bits per heavy atom. The molecule has 10 nitrogen and oxygen atoms in total. The monoisotopic (exact) mass is 640 g/mol. The summed E-state index contributed by atoms with van der Waals surface area (Å²) >= 11 is 0. The summed E-state index contributed by atoms with van der Waals surface area (Å²) < 4.78 is 113. The van der Waals surface area contributed by atoms with E-state index >= 15 is 0 Å². The van der Waals surface area contributed by atoms with Crippen molar-refractivity contribution >= 4 is 5.97 Å². The van der Waals surface area contributed by atoms with Crippen LogP contribution < -0.4 is 9.47 Å². The standard InChI is InChI=1S/C29H37F5O10/c30-24-25(31)27(33)29(28(34)26(24)32)44-23(35)6-7-36-8-9-37-10-11-38-12-13-39-14-15-40-16-17-41-18-19-42-20-21-43-22-4-2-1-3-5-22/h1-5H,6-21H2. The Kier molecular flexibility index (Phi) is 19.9. The number of hydrogen-bond acceptors (Lipinski definition) is 10. The molecule has 0 atom stereocenters. The van der Waals surface area contributed by atoms with E-state index in [2.05, 4.69) is 4.74 Å². The number of carbonyl (C=O) groups is 1. The lowest BCUT2D eigenvalue weighted by molar-refractivity contribution is -0.136. The van der Waals surface area contributed by atoms with Crippen LogP contribution in [0.25, 0.3) is 0 Å². The first-order valence-corrected chi connectivity index (χ1v) is 13.9. The van der Waals surface area contributed by atoms with E-state index < -0.39 is 47.2 Å². The van der Waals surface area contributed by atoms with Crippen LogP contribution in [0.1, 0.15) is 6.42 Å². The number of para-hydroxylation sites is 1. The number of benzene rings is 2.